The summed E-state index contributed by atoms with van der Waals surface area (Å²) in [5, 5.41) is 16.2. The van der Waals surface area contributed by atoms with E-state index in [9.17, 15) is 9.00 Å². The van der Waals surface area contributed by atoms with Crippen LogP contribution in [0.5, 0.6) is 5.88 Å². The van der Waals surface area contributed by atoms with Gasteiger partial charge in [0.15, 0.2) is 0 Å². The van der Waals surface area contributed by atoms with Crippen molar-refractivity contribution in [3.63, 3.8) is 0 Å². The first kappa shape index (κ1) is 27.8. The minimum absolute atomic E-state index is 0.115. The van der Waals surface area contributed by atoms with Gasteiger partial charge in [-0.1, -0.05) is 31.4 Å². The van der Waals surface area contributed by atoms with Crippen LogP contribution < -0.4 is 15.0 Å². The van der Waals surface area contributed by atoms with Crippen molar-refractivity contribution in [3.8, 4) is 28.8 Å². The first-order chi connectivity index (χ1) is 19.5. The number of amides is 1. The minimum Gasteiger partial charge on any atom is -0.481 e. The monoisotopic (exact) mass is 560 g/mol. The standard InChI is InChI=1S/C19H20N4O2S.C11H16N2O/c1-25-19-7-6-18(13-20-19)23-14-16(12-21-23)15-2-4-17(5-3-15)22-8-10-26(24)11-9-22;12-8-11(6-7-11)13-10(14)9-4-2-1-3-5-9/h2-7,12-14H,8-11H2,1H3;9H,1-7H2,(H,13,14). The van der Waals surface area contributed by atoms with E-state index in [-0.39, 0.29) is 11.8 Å². The molecule has 40 heavy (non-hydrogen) atoms. The molecular weight excluding hydrogens is 524 g/mol. The molecule has 0 unspecified atom stereocenters. The predicted octanol–water partition coefficient (Wildman–Crippen LogP) is 4.25. The molecule has 2 aliphatic carbocycles. The molecule has 9 nitrogen and oxygen atoms in total. The number of carbonyl (C=O) groups is 1. The van der Waals surface area contributed by atoms with Crippen LogP contribution >= 0.6 is 0 Å². The number of aromatic nitrogens is 3. The van der Waals surface area contributed by atoms with Crippen molar-refractivity contribution in [2.24, 2.45) is 5.92 Å². The second-order valence-corrected chi connectivity index (χ2v) is 12.3. The number of carbonyl (C=O) groups excluding carboxylic acids is 1. The molecule has 1 aromatic carbocycles. The van der Waals surface area contributed by atoms with E-state index in [4.69, 9.17) is 10.00 Å². The quantitative estimate of drug-likeness (QED) is 0.480. The van der Waals surface area contributed by atoms with E-state index >= 15 is 0 Å². The highest BCUT2D eigenvalue weighted by Crippen LogP contribution is 2.35. The van der Waals surface area contributed by atoms with Crippen LogP contribution in [0.1, 0.15) is 44.9 Å². The highest BCUT2D eigenvalue weighted by molar-refractivity contribution is 7.85. The molecule has 3 heterocycles. The zero-order chi connectivity index (χ0) is 28.0. The highest BCUT2D eigenvalue weighted by Gasteiger charge is 2.45. The molecule has 2 aromatic heterocycles. The van der Waals surface area contributed by atoms with Crippen molar-refractivity contribution in [3.05, 3.63) is 55.0 Å². The van der Waals surface area contributed by atoms with Crippen LogP contribution in [0.25, 0.3) is 16.8 Å². The molecule has 2 saturated carbocycles. The first-order valence-corrected chi connectivity index (χ1v) is 15.5. The number of benzene rings is 1. The molecule has 3 aromatic rings. The summed E-state index contributed by atoms with van der Waals surface area (Å²) in [4.78, 5) is 18.3. The van der Waals surface area contributed by atoms with E-state index in [1.54, 1.807) is 18.0 Å². The molecule has 1 N–H and O–H groups in total. The molecule has 1 aliphatic heterocycles. The zero-order valence-electron chi connectivity index (χ0n) is 22.9. The number of rotatable bonds is 6. The number of methoxy groups -OCH3 is 1. The Bertz CT molecular complexity index is 1350. The topological polar surface area (TPSA) is 113 Å². The van der Waals surface area contributed by atoms with E-state index in [1.807, 2.05) is 24.5 Å². The molecule has 0 atom stereocenters. The van der Waals surface area contributed by atoms with Gasteiger partial charge in [0.25, 0.3) is 0 Å². The van der Waals surface area contributed by atoms with Crippen molar-refractivity contribution in [1.29, 1.82) is 5.26 Å². The van der Waals surface area contributed by atoms with Crippen molar-refractivity contribution in [2.45, 2.75) is 50.5 Å². The Labute approximate surface area is 238 Å². The zero-order valence-corrected chi connectivity index (χ0v) is 23.7. The number of pyridine rings is 1. The van der Waals surface area contributed by atoms with Crippen molar-refractivity contribution >= 4 is 22.4 Å². The van der Waals surface area contributed by atoms with Crippen LogP contribution in [0.15, 0.2) is 55.0 Å². The van der Waals surface area contributed by atoms with Gasteiger partial charge in [0.2, 0.25) is 11.8 Å². The number of nitrogens with one attached hydrogen (secondary N) is 1. The number of nitriles is 1. The van der Waals surface area contributed by atoms with E-state index in [0.717, 1.165) is 79.9 Å². The predicted molar refractivity (Wildman–Crippen MR) is 156 cm³/mol. The van der Waals surface area contributed by atoms with Gasteiger partial charge in [-0.2, -0.15) is 10.4 Å². The van der Waals surface area contributed by atoms with Gasteiger partial charge in [0, 0.05) is 64.8 Å². The fourth-order valence-corrected chi connectivity index (χ4v) is 6.15. The van der Waals surface area contributed by atoms with Gasteiger partial charge < -0.3 is 15.0 Å². The molecule has 210 valence electrons. The number of anilines is 1. The summed E-state index contributed by atoms with van der Waals surface area (Å²) >= 11 is 0. The summed E-state index contributed by atoms with van der Waals surface area (Å²) in [6.45, 7) is 1.71. The van der Waals surface area contributed by atoms with Crippen LogP contribution in [0.4, 0.5) is 5.69 Å². The van der Waals surface area contributed by atoms with E-state index in [2.05, 4.69) is 50.6 Å². The average Bonchev–Trinajstić information content (AvgIpc) is 3.61. The van der Waals surface area contributed by atoms with Gasteiger partial charge in [-0.15, -0.1) is 0 Å². The van der Waals surface area contributed by atoms with E-state index in [1.165, 1.54) is 12.1 Å². The lowest BCUT2D eigenvalue weighted by Crippen LogP contribution is -2.40. The Hall–Kier alpha value is -3.71. The lowest BCUT2D eigenvalue weighted by atomic mass is 9.88. The Balaban J connectivity index is 0.000000194. The molecule has 10 heteroatoms. The molecule has 1 amide bonds. The highest BCUT2D eigenvalue weighted by atomic mass is 32.2. The normalized spacial score (nSPS) is 18.6. The van der Waals surface area contributed by atoms with Gasteiger partial charge in [0.1, 0.15) is 5.54 Å². The summed E-state index contributed by atoms with van der Waals surface area (Å²) < 4.78 is 18.4. The van der Waals surface area contributed by atoms with Crippen LogP contribution in [-0.2, 0) is 15.6 Å². The SMILES string of the molecule is COc1ccc(-n2cc(-c3ccc(N4CCS(=O)CC4)cc3)cn2)cn1.N#CC1(NC(=O)C2CCCCC2)CC1. The van der Waals surface area contributed by atoms with Gasteiger partial charge in [-0.05, 0) is 49.4 Å². The summed E-state index contributed by atoms with van der Waals surface area (Å²) in [6.07, 6.45) is 12.8. The van der Waals surface area contributed by atoms with Crippen molar-refractivity contribution in [1.82, 2.24) is 20.1 Å². The maximum absolute atomic E-state index is 11.8. The Morgan fingerprint density at radius 3 is 2.33 bits per heavy atom. The Kier molecular flexibility index (Phi) is 8.80. The molecule has 1 saturated heterocycles. The molecule has 6 rings (SSSR count). The Morgan fingerprint density at radius 2 is 1.73 bits per heavy atom. The third-order valence-corrected chi connectivity index (χ3v) is 9.10. The van der Waals surface area contributed by atoms with Crippen LogP contribution in [0, 0.1) is 17.2 Å². The fraction of sp³-hybridized carbons (Fsp3) is 0.467. The van der Waals surface area contributed by atoms with Gasteiger partial charge >= 0.3 is 0 Å². The molecule has 0 radical (unpaired) electrons. The summed E-state index contributed by atoms with van der Waals surface area (Å²) in [7, 11) is 0.946. The summed E-state index contributed by atoms with van der Waals surface area (Å²) in [5.74, 6) is 2.38. The first-order valence-electron chi connectivity index (χ1n) is 14.0. The molecular formula is C30H36N6O3S. The number of nitrogens with zero attached hydrogens (tertiary/aromatic N) is 5. The second-order valence-electron chi connectivity index (χ2n) is 10.6. The summed E-state index contributed by atoms with van der Waals surface area (Å²) in [6, 6.07) is 14.4. The minimum atomic E-state index is -0.652. The van der Waals surface area contributed by atoms with Crippen LogP contribution in [0.3, 0.4) is 0 Å². The third-order valence-electron chi connectivity index (χ3n) is 7.82. The van der Waals surface area contributed by atoms with Gasteiger partial charge in [-0.3, -0.25) is 9.00 Å². The molecule has 0 spiro atoms. The van der Waals surface area contributed by atoms with Crippen molar-refractivity contribution in [2.75, 3.05) is 36.6 Å². The smallest absolute Gasteiger partial charge is 0.224 e. The molecule has 3 fully saturated rings. The average molecular weight is 561 g/mol. The second kappa shape index (κ2) is 12.6. The van der Waals surface area contributed by atoms with Gasteiger partial charge in [0.05, 0.1) is 31.3 Å². The number of ether oxygens (including phenoxy) is 1. The van der Waals surface area contributed by atoms with Crippen molar-refractivity contribution < 1.29 is 13.7 Å². The van der Waals surface area contributed by atoms with Gasteiger partial charge in [-0.25, -0.2) is 9.67 Å². The lowest BCUT2D eigenvalue weighted by molar-refractivity contribution is -0.126. The van der Waals surface area contributed by atoms with E-state index in [0.29, 0.717) is 5.88 Å². The lowest BCUT2D eigenvalue weighted by Gasteiger charge is -2.28. The maximum atomic E-state index is 11.8. The number of hydrogen-bond donors (Lipinski definition) is 1. The maximum Gasteiger partial charge on any atom is 0.224 e. The fourth-order valence-electron chi connectivity index (χ4n) is 5.10. The Morgan fingerprint density at radius 1 is 1.02 bits per heavy atom. The van der Waals surface area contributed by atoms with Crippen LogP contribution in [-0.4, -0.2) is 62.1 Å². The number of hydrogen-bond acceptors (Lipinski definition) is 7. The molecule has 3 aliphatic rings. The largest absolute Gasteiger partial charge is 0.481 e. The summed E-state index contributed by atoms with van der Waals surface area (Å²) in [5.41, 5.74) is 3.75. The molecule has 0 bridgehead atoms. The van der Waals surface area contributed by atoms with E-state index < -0.39 is 16.3 Å². The third kappa shape index (κ3) is 6.89. The van der Waals surface area contributed by atoms with Crippen LogP contribution in [0.2, 0.25) is 0 Å².